The third-order valence-electron chi connectivity index (χ3n) is 3.06. The van der Waals surface area contributed by atoms with Gasteiger partial charge in [-0.15, -0.1) is 0 Å². The highest BCUT2D eigenvalue weighted by Gasteiger charge is 2.13. The van der Waals surface area contributed by atoms with E-state index in [1.807, 2.05) is 60.4 Å². The summed E-state index contributed by atoms with van der Waals surface area (Å²) in [6.45, 7) is 5.60. The van der Waals surface area contributed by atoms with Crippen LogP contribution in [0, 0.1) is 0 Å². The van der Waals surface area contributed by atoms with Crippen molar-refractivity contribution in [2.75, 3.05) is 0 Å². The molecule has 2 aromatic carbocycles. The van der Waals surface area contributed by atoms with E-state index in [-0.39, 0.29) is 5.78 Å². The third-order valence-corrected chi connectivity index (χ3v) is 4.53. The summed E-state index contributed by atoms with van der Waals surface area (Å²) in [5.74, 6) is 0.0838. The molecule has 2 nitrogen and oxygen atoms in total. The van der Waals surface area contributed by atoms with Gasteiger partial charge in [0.15, 0.2) is 5.78 Å². The lowest BCUT2D eigenvalue weighted by molar-refractivity contribution is 0.101. The second-order valence-electron chi connectivity index (χ2n) is 4.49. The number of benzene rings is 2. The van der Waals surface area contributed by atoms with E-state index in [0.717, 1.165) is 25.8 Å². The zero-order valence-electron chi connectivity index (χ0n) is 12.8. The molecular formula is C18H18BrNOS. The fourth-order valence-electron chi connectivity index (χ4n) is 2.12. The van der Waals surface area contributed by atoms with Crippen LogP contribution in [0.15, 0.2) is 64.1 Å². The molecule has 1 heterocycles. The summed E-state index contributed by atoms with van der Waals surface area (Å²) < 4.78 is 3.03. The number of nitrogens with zero attached hydrogens (tertiary/aromatic N) is 1. The molecule has 0 fully saturated rings. The number of hydrogen-bond donors (Lipinski definition) is 0. The molecule has 0 unspecified atom stereocenters. The summed E-state index contributed by atoms with van der Waals surface area (Å²) in [5.41, 5.74) is 1.80. The van der Waals surface area contributed by atoms with E-state index in [0.29, 0.717) is 0 Å². The number of hydrogen-bond acceptors (Lipinski definition) is 2. The Bertz CT molecular complexity index is 780. The molecule has 0 bridgehead atoms. The largest absolute Gasteiger partial charge is 0.294 e. The minimum absolute atomic E-state index is 0.0838. The van der Waals surface area contributed by atoms with Crippen molar-refractivity contribution in [1.82, 2.24) is 3.97 Å². The predicted molar refractivity (Wildman–Crippen MR) is 98.7 cm³/mol. The first kappa shape index (κ1) is 16.8. The van der Waals surface area contributed by atoms with Gasteiger partial charge in [0.2, 0.25) is 0 Å². The summed E-state index contributed by atoms with van der Waals surface area (Å²) in [6.07, 6.45) is 1.91. The number of carbonyl (C=O) groups excluding carboxylic acids is 1. The topological polar surface area (TPSA) is 22.0 Å². The summed E-state index contributed by atoms with van der Waals surface area (Å²) in [6, 6.07) is 16.2. The van der Waals surface area contributed by atoms with E-state index < -0.39 is 0 Å². The molecule has 4 heteroatoms. The molecule has 22 heavy (non-hydrogen) atoms. The molecule has 0 amide bonds. The Hall–Kier alpha value is -1.52. The van der Waals surface area contributed by atoms with Crippen molar-refractivity contribution >= 4 is 44.6 Å². The zero-order valence-corrected chi connectivity index (χ0v) is 15.2. The van der Waals surface area contributed by atoms with Crippen molar-refractivity contribution < 1.29 is 4.79 Å². The maximum atomic E-state index is 11.8. The molecule has 0 N–H and O–H groups in total. The Morgan fingerprint density at radius 1 is 1.09 bits per heavy atom. The quantitative estimate of drug-likeness (QED) is 0.509. The lowest BCUT2D eigenvalue weighted by atomic mass is 10.1. The molecule has 0 spiro atoms. The molecule has 1 aromatic heterocycles. The van der Waals surface area contributed by atoms with Crippen LogP contribution in [0.25, 0.3) is 10.9 Å². The molecule has 0 radical (unpaired) electrons. The fourth-order valence-corrected chi connectivity index (χ4v) is 3.41. The maximum Gasteiger partial charge on any atom is 0.161 e. The highest BCUT2D eigenvalue weighted by Crippen LogP contribution is 2.31. The van der Waals surface area contributed by atoms with Crippen molar-refractivity contribution in [3.8, 4) is 0 Å². The van der Waals surface area contributed by atoms with Gasteiger partial charge in [-0.05, 0) is 49.2 Å². The SMILES string of the molecule is CC.CC(=O)c1cn(Sc2ccccc2)c2ccc(Br)cc12. The van der Waals surface area contributed by atoms with E-state index in [1.165, 1.54) is 0 Å². The highest BCUT2D eigenvalue weighted by molar-refractivity contribution is 9.10. The van der Waals surface area contributed by atoms with Gasteiger partial charge in [0, 0.05) is 26.5 Å². The molecule has 0 aliphatic carbocycles. The Morgan fingerprint density at radius 3 is 2.41 bits per heavy atom. The van der Waals surface area contributed by atoms with Gasteiger partial charge >= 0.3 is 0 Å². The number of halogens is 1. The first-order valence-corrected chi connectivity index (χ1v) is 8.77. The van der Waals surface area contributed by atoms with Crippen LogP contribution in [0.2, 0.25) is 0 Å². The van der Waals surface area contributed by atoms with Crippen molar-refractivity contribution in [3.63, 3.8) is 0 Å². The van der Waals surface area contributed by atoms with E-state index in [9.17, 15) is 4.79 Å². The lowest BCUT2D eigenvalue weighted by Crippen LogP contribution is -1.89. The maximum absolute atomic E-state index is 11.8. The second-order valence-corrected chi connectivity index (χ2v) is 6.45. The van der Waals surface area contributed by atoms with Crippen LogP contribution in [-0.4, -0.2) is 9.76 Å². The number of rotatable bonds is 3. The molecule has 0 saturated heterocycles. The van der Waals surface area contributed by atoms with E-state index in [2.05, 4.69) is 28.1 Å². The molecule has 0 aliphatic heterocycles. The van der Waals surface area contributed by atoms with Crippen LogP contribution in [0.3, 0.4) is 0 Å². The predicted octanol–water partition coefficient (Wildman–Crippen LogP) is 6.19. The Labute approximate surface area is 143 Å². The van der Waals surface area contributed by atoms with Gasteiger partial charge in [-0.25, -0.2) is 0 Å². The molecule has 0 saturated carbocycles. The summed E-state index contributed by atoms with van der Waals surface area (Å²) in [7, 11) is 0. The Kier molecular flexibility index (Phi) is 5.86. The number of fused-ring (bicyclic) bond motifs is 1. The minimum Gasteiger partial charge on any atom is -0.294 e. The smallest absolute Gasteiger partial charge is 0.161 e. The lowest BCUT2D eigenvalue weighted by Gasteiger charge is -2.03. The molecular weight excluding hydrogens is 358 g/mol. The Balaban J connectivity index is 0.000000847. The number of carbonyl (C=O) groups is 1. The van der Waals surface area contributed by atoms with Crippen LogP contribution in [0.5, 0.6) is 0 Å². The van der Waals surface area contributed by atoms with Crippen LogP contribution in [-0.2, 0) is 0 Å². The molecule has 114 valence electrons. The summed E-state index contributed by atoms with van der Waals surface area (Å²) >= 11 is 5.07. The normalized spacial score (nSPS) is 10.2. The molecule has 0 atom stereocenters. The molecule has 3 rings (SSSR count). The first-order valence-electron chi connectivity index (χ1n) is 7.20. The van der Waals surface area contributed by atoms with E-state index in [1.54, 1.807) is 18.9 Å². The average Bonchev–Trinajstić information content (AvgIpc) is 2.88. The van der Waals surface area contributed by atoms with Crippen LogP contribution >= 0.6 is 27.9 Å². The monoisotopic (exact) mass is 375 g/mol. The van der Waals surface area contributed by atoms with Gasteiger partial charge < -0.3 is 0 Å². The third kappa shape index (κ3) is 3.62. The van der Waals surface area contributed by atoms with Gasteiger partial charge in [-0.1, -0.05) is 48.0 Å². The van der Waals surface area contributed by atoms with Gasteiger partial charge in [-0.3, -0.25) is 8.77 Å². The van der Waals surface area contributed by atoms with Crippen LogP contribution in [0.4, 0.5) is 0 Å². The zero-order chi connectivity index (χ0) is 16.1. The second kappa shape index (κ2) is 7.65. The van der Waals surface area contributed by atoms with Gasteiger partial charge in [0.25, 0.3) is 0 Å². The average molecular weight is 376 g/mol. The number of aromatic nitrogens is 1. The summed E-state index contributed by atoms with van der Waals surface area (Å²) in [5, 5.41) is 0.982. The Morgan fingerprint density at radius 2 is 1.77 bits per heavy atom. The fraction of sp³-hybridized carbons (Fsp3) is 0.167. The van der Waals surface area contributed by atoms with Gasteiger partial charge in [0.1, 0.15) is 0 Å². The van der Waals surface area contributed by atoms with E-state index >= 15 is 0 Å². The first-order chi connectivity index (χ1) is 10.6. The number of ketones is 1. The van der Waals surface area contributed by atoms with E-state index in [4.69, 9.17) is 0 Å². The van der Waals surface area contributed by atoms with Crippen molar-refractivity contribution in [3.05, 3.63) is 64.8 Å². The number of Topliss-reactive ketones (excluding diaryl/α,β-unsaturated/α-hetero) is 1. The summed E-state index contributed by atoms with van der Waals surface area (Å²) in [4.78, 5) is 12.9. The van der Waals surface area contributed by atoms with Crippen LogP contribution in [0.1, 0.15) is 31.1 Å². The molecule has 0 aliphatic rings. The van der Waals surface area contributed by atoms with Crippen molar-refractivity contribution in [2.45, 2.75) is 25.7 Å². The van der Waals surface area contributed by atoms with Gasteiger partial charge in [0.05, 0.1) is 5.52 Å². The molecule has 3 aromatic rings. The van der Waals surface area contributed by atoms with Gasteiger partial charge in [-0.2, -0.15) is 0 Å². The standard InChI is InChI=1S/C16H12BrNOS.C2H6/c1-11(19)15-10-18(20-13-5-3-2-4-6-13)16-8-7-12(17)9-14(15)16;1-2/h2-10H,1H3;1-2H3. The highest BCUT2D eigenvalue weighted by atomic mass is 79.9. The van der Waals surface area contributed by atoms with Crippen molar-refractivity contribution in [2.24, 2.45) is 0 Å². The van der Waals surface area contributed by atoms with Crippen molar-refractivity contribution in [1.29, 1.82) is 0 Å². The minimum atomic E-state index is 0.0838. The van der Waals surface area contributed by atoms with Crippen LogP contribution < -0.4 is 0 Å².